The van der Waals surface area contributed by atoms with Gasteiger partial charge >= 0.3 is 0 Å². The molecule has 0 heterocycles. The Bertz CT molecular complexity index is 613. The van der Waals surface area contributed by atoms with Gasteiger partial charge < -0.3 is 10.0 Å². The maximum absolute atomic E-state index is 12.4. The van der Waals surface area contributed by atoms with E-state index >= 15 is 0 Å². The first kappa shape index (κ1) is 16.7. The summed E-state index contributed by atoms with van der Waals surface area (Å²) in [5.41, 5.74) is 0.416. The van der Waals surface area contributed by atoms with E-state index in [0.717, 1.165) is 19.3 Å². The molecule has 1 aliphatic carbocycles. The maximum Gasteiger partial charge on any atom is 0.242 e. The Morgan fingerprint density at radius 2 is 2.05 bits per heavy atom. The minimum Gasteiger partial charge on any atom is -0.392 e. The summed E-state index contributed by atoms with van der Waals surface area (Å²) in [5.74, 6) is 0. The molecule has 1 aliphatic rings. The zero-order valence-electron chi connectivity index (χ0n) is 12.3. The summed E-state index contributed by atoms with van der Waals surface area (Å²) in [5, 5.41) is 9.29. The number of aliphatic hydroxyl groups excluding tert-OH is 1. The van der Waals surface area contributed by atoms with Crippen LogP contribution in [-0.4, -0.2) is 44.6 Å². The zero-order chi connectivity index (χ0) is 15.7. The molecule has 1 aromatic rings. The van der Waals surface area contributed by atoms with E-state index in [2.05, 4.69) is 9.62 Å². The topological polar surface area (TPSA) is 69.6 Å². The van der Waals surface area contributed by atoms with Crippen LogP contribution >= 0.6 is 11.6 Å². The molecule has 0 aromatic heterocycles. The van der Waals surface area contributed by atoms with E-state index in [0.29, 0.717) is 12.1 Å². The fourth-order valence-electron chi connectivity index (χ4n) is 2.53. The van der Waals surface area contributed by atoms with Crippen LogP contribution in [0.1, 0.15) is 24.8 Å². The van der Waals surface area contributed by atoms with E-state index in [1.165, 1.54) is 12.1 Å². The smallest absolute Gasteiger partial charge is 0.242 e. The monoisotopic (exact) mass is 332 g/mol. The van der Waals surface area contributed by atoms with Crippen LogP contribution in [-0.2, 0) is 16.6 Å². The van der Waals surface area contributed by atoms with Crippen molar-refractivity contribution in [2.75, 3.05) is 20.6 Å². The lowest BCUT2D eigenvalue weighted by Crippen LogP contribution is -2.57. The third-order valence-electron chi connectivity index (χ3n) is 4.29. The van der Waals surface area contributed by atoms with Gasteiger partial charge in [-0.15, -0.1) is 0 Å². The van der Waals surface area contributed by atoms with Crippen LogP contribution in [0.2, 0.25) is 5.02 Å². The number of halogens is 1. The van der Waals surface area contributed by atoms with Crippen LogP contribution in [0.3, 0.4) is 0 Å². The molecule has 118 valence electrons. The van der Waals surface area contributed by atoms with E-state index in [9.17, 15) is 8.42 Å². The van der Waals surface area contributed by atoms with Gasteiger partial charge in [-0.2, -0.15) is 0 Å². The summed E-state index contributed by atoms with van der Waals surface area (Å²) in [6.45, 7) is 0.142. The van der Waals surface area contributed by atoms with E-state index in [1.54, 1.807) is 6.07 Å². The summed E-state index contributed by atoms with van der Waals surface area (Å²) < 4.78 is 27.5. The average Bonchev–Trinajstić information content (AvgIpc) is 2.37. The molecule has 0 unspecified atom stereocenters. The molecule has 0 bridgehead atoms. The predicted molar refractivity (Wildman–Crippen MR) is 82.8 cm³/mol. The van der Waals surface area contributed by atoms with Gasteiger partial charge in [0.05, 0.1) is 11.6 Å². The lowest BCUT2D eigenvalue weighted by Gasteiger charge is -2.47. The maximum atomic E-state index is 12.4. The second-order valence-corrected chi connectivity index (χ2v) is 7.86. The molecule has 1 aromatic carbocycles. The Labute approximate surface area is 131 Å². The Morgan fingerprint density at radius 1 is 1.38 bits per heavy atom. The molecule has 21 heavy (non-hydrogen) atoms. The van der Waals surface area contributed by atoms with E-state index < -0.39 is 10.0 Å². The first-order chi connectivity index (χ1) is 9.81. The highest BCUT2D eigenvalue weighted by Gasteiger charge is 2.40. The summed E-state index contributed by atoms with van der Waals surface area (Å²) in [6.07, 6.45) is 3.07. The third-order valence-corrected chi connectivity index (χ3v) is 6.17. The number of likely N-dealkylation sites (N-methyl/N-ethyl adjacent to an activating group) is 1. The fourth-order valence-corrected chi connectivity index (χ4v) is 4.19. The minimum absolute atomic E-state index is 0.0175. The van der Waals surface area contributed by atoms with Crippen molar-refractivity contribution < 1.29 is 13.5 Å². The van der Waals surface area contributed by atoms with Gasteiger partial charge in [-0.05, 0) is 51.1 Å². The molecule has 0 saturated heterocycles. The molecule has 0 spiro atoms. The first-order valence-corrected chi connectivity index (χ1v) is 8.73. The lowest BCUT2D eigenvalue weighted by molar-refractivity contribution is 0.0657. The Morgan fingerprint density at radius 3 is 2.52 bits per heavy atom. The van der Waals surface area contributed by atoms with Gasteiger partial charge in [-0.25, -0.2) is 13.1 Å². The van der Waals surface area contributed by atoms with Crippen molar-refractivity contribution in [1.29, 1.82) is 0 Å². The van der Waals surface area contributed by atoms with Crippen molar-refractivity contribution in [3.05, 3.63) is 28.8 Å². The van der Waals surface area contributed by atoms with Gasteiger partial charge in [0.25, 0.3) is 0 Å². The van der Waals surface area contributed by atoms with E-state index in [1.807, 2.05) is 14.1 Å². The number of hydrogen-bond acceptors (Lipinski definition) is 4. The van der Waals surface area contributed by atoms with Gasteiger partial charge in [-0.3, -0.25) is 0 Å². The molecule has 0 amide bonds. The molecular weight excluding hydrogens is 312 g/mol. The lowest BCUT2D eigenvalue weighted by atomic mass is 9.76. The molecule has 2 rings (SSSR count). The number of rotatable bonds is 6. The minimum atomic E-state index is -3.69. The zero-order valence-corrected chi connectivity index (χ0v) is 13.8. The van der Waals surface area contributed by atoms with Crippen molar-refractivity contribution in [3.8, 4) is 0 Å². The van der Waals surface area contributed by atoms with Crippen LogP contribution in [0.25, 0.3) is 0 Å². The Kier molecular flexibility index (Phi) is 4.95. The SMILES string of the molecule is CN(C)C1(CNS(=O)(=O)c2cc(CO)ccc2Cl)CCC1. The van der Waals surface area contributed by atoms with Crippen molar-refractivity contribution >= 4 is 21.6 Å². The highest BCUT2D eigenvalue weighted by atomic mass is 35.5. The Balaban J connectivity index is 2.19. The molecule has 7 heteroatoms. The summed E-state index contributed by atoms with van der Waals surface area (Å²) >= 11 is 5.99. The highest BCUT2D eigenvalue weighted by Crippen LogP contribution is 2.36. The summed E-state index contributed by atoms with van der Waals surface area (Å²) in [7, 11) is 0.244. The van der Waals surface area contributed by atoms with Crippen LogP contribution in [0.15, 0.2) is 23.1 Å². The van der Waals surface area contributed by atoms with Gasteiger partial charge in [0.1, 0.15) is 4.90 Å². The summed E-state index contributed by atoms with van der Waals surface area (Å²) in [4.78, 5) is 2.09. The second kappa shape index (κ2) is 6.22. The molecular formula is C14H21ClN2O3S. The largest absolute Gasteiger partial charge is 0.392 e. The molecule has 2 N–H and O–H groups in total. The number of nitrogens with zero attached hydrogens (tertiary/aromatic N) is 1. The summed E-state index contributed by atoms with van der Waals surface area (Å²) in [6, 6.07) is 4.51. The van der Waals surface area contributed by atoms with E-state index in [4.69, 9.17) is 16.7 Å². The Hall–Kier alpha value is -0.660. The average molecular weight is 333 g/mol. The van der Waals surface area contributed by atoms with Gasteiger partial charge in [0, 0.05) is 12.1 Å². The molecule has 1 fully saturated rings. The van der Waals surface area contributed by atoms with Crippen molar-refractivity contribution in [1.82, 2.24) is 9.62 Å². The van der Waals surface area contributed by atoms with Gasteiger partial charge in [0.2, 0.25) is 10.0 Å². The third kappa shape index (κ3) is 3.40. The van der Waals surface area contributed by atoms with Gasteiger partial charge in [-0.1, -0.05) is 17.7 Å². The molecule has 0 atom stereocenters. The fraction of sp³-hybridized carbons (Fsp3) is 0.571. The standard InChI is InChI=1S/C14H21ClN2O3S/c1-17(2)14(6-3-7-14)10-16-21(19,20)13-8-11(9-18)4-5-12(13)15/h4-5,8,16,18H,3,6-7,9-10H2,1-2H3. The van der Waals surface area contributed by atoms with Crippen LogP contribution in [0, 0.1) is 0 Å². The molecule has 0 radical (unpaired) electrons. The number of sulfonamides is 1. The van der Waals surface area contributed by atoms with Crippen molar-refractivity contribution in [2.24, 2.45) is 0 Å². The van der Waals surface area contributed by atoms with Gasteiger partial charge in [0.15, 0.2) is 0 Å². The van der Waals surface area contributed by atoms with E-state index in [-0.39, 0.29) is 22.1 Å². The van der Waals surface area contributed by atoms with Crippen LogP contribution in [0.4, 0.5) is 0 Å². The quantitative estimate of drug-likeness (QED) is 0.830. The second-order valence-electron chi connectivity index (χ2n) is 5.72. The molecule has 1 saturated carbocycles. The van der Waals surface area contributed by atoms with Crippen molar-refractivity contribution in [2.45, 2.75) is 36.3 Å². The highest BCUT2D eigenvalue weighted by molar-refractivity contribution is 7.89. The predicted octanol–water partition coefficient (Wildman–Crippen LogP) is 1.59. The molecule has 0 aliphatic heterocycles. The number of benzene rings is 1. The normalized spacial score (nSPS) is 17.8. The van der Waals surface area contributed by atoms with Crippen LogP contribution in [0.5, 0.6) is 0 Å². The van der Waals surface area contributed by atoms with Crippen LogP contribution < -0.4 is 4.72 Å². The molecule has 5 nitrogen and oxygen atoms in total. The number of aliphatic hydroxyl groups is 1. The van der Waals surface area contributed by atoms with Crippen molar-refractivity contribution in [3.63, 3.8) is 0 Å². The number of hydrogen-bond donors (Lipinski definition) is 2. The first-order valence-electron chi connectivity index (χ1n) is 6.87. The number of nitrogens with one attached hydrogen (secondary N) is 1.